The van der Waals surface area contributed by atoms with Crippen LogP contribution >= 0.6 is 0 Å². The Balaban J connectivity index is 1.22. The number of carbonyl (C=O) groups excluding carboxylic acids is 2. The van der Waals surface area contributed by atoms with E-state index in [1.165, 1.54) is 0 Å². The van der Waals surface area contributed by atoms with Gasteiger partial charge in [0.25, 0.3) is 5.91 Å². The van der Waals surface area contributed by atoms with E-state index in [1.807, 2.05) is 24.3 Å². The van der Waals surface area contributed by atoms with Crippen LogP contribution in [0.3, 0.4) is 0 Å². The minimum Gasteiger partial charge on any atom is -0.382 e. The number of benzene rings is 1. The third-order valence-electron chi connectivity index (χ3n) is 6.95. The molecular formula is C27H29N7O2. The number of hydrogen-bond acceptors (Lipinski definition) is 7. The Kier molecular flexibility index (Phi) is 7.05. The summed E-state index contributed by atoms with van der Waals surface area (Å²) in [6, 6.07) is 15.2. The van der Waals surface area contributed by atoms with Gasteiger partial charge in [0.05, 0.1) is 23.7 Å². The SMILES string of the molecule is N#C[C@@H]1CCCN1C(=O)CN1CCC(Nc2ccc(C(=O)Nc3ccccn3)c3ncccc23)CC1. The number of amides is 2. The molecule has 1 atom stereocenters. The van der Waals surface area contributed by atoms with E-state index in [1.54, 1.807) is 35.5 Å². The predicted octanol–water partition coefficient (Wildman–Crippen LogP) is 3.27. The van der Waals surface area contributed by atoms with Crippen molar-refractivity contribution in [1.29, 1.82) is 5.26 Å². The van der Waals surface area contributed by atoms with Gasteiger partial charge in [-0.2, -0.15) is 5.26 Å². The molecule has 2 amide bonds. The summed E-state index contributed by atoms with van der Waals surface area (Å²) in [7, 11) is 0. The highest BCUT2D eigenvalue weighted by atomic mass is 16.2. The first-order valence-corrected chi connectivity index (χ1v) is 12.4. The summed E-state index contributed by atoms with van der Waals surface area (Å²) in [6.45, 7) is 2.69. The topological polar surface area (TPSA) is 114 Å². The van der Waals surface area contributed by atoms with Crippen molar-refractivity contribution < 1.29 is 9.59 Å². The fourth-order valence-corrected chi connectivity index (χ4v) is 5.04. The summed E-state index contributed by atoms with van der Waals surface area (Å²) < 4.78 is 0. The van der Waals surface area contributed by atoms with Gasteiger partial charge < -0.3 is 15.5 Å². The van der Waals surface area contributed by atoms with Crippen LogP contribution in [0.1, 0.15) is 36.0 Å². The van der Waals surface area contributed by atoms with Crippen LogP contribution in [0.4, 0.5) is 11.5 Å². The van der Waals surface area contributed by atoms with Crippen molar-refractivity contribution in [2.24, 2.45) is 0 Å². The molecule has 0 spiro atoms. The molecule has 3 aromatic rings. The molecule has 2 fully saturated rings. The molecule has 9 heteroatoms. The molecule has 9 nitrogen and oxygen atoms in total. The van der Waals surface area contributed by atoms with E-state index in [9.17, 15) is 14.9 Å². The number of anilines is 2. The summed E-state index contributed by atoms with van der Waals surface area (Å²) in [6.07, 6.45) is 6.81. The lowest BCUT2D eigenvalue weighted by Crippen LogP contribution is -2.46. The molecule has 0 aliphatic carbocycles. The molecule has 0 bridgehead atoms. The number of nitriles is 1. The van der Waals surface area contributed by atoms with Crippen LogP contribution in [0.5, 0.6) is 0 Å². The maximum Gasteiger partial charge on any atom is 0.259 e. The first kappa shape index (κ1) is 23.7. The van der Waals surface area contributed by atoms with Crippen LogP contribution in [0.15, 0.2) is 54.9 Å². The van der Waals surface area contributed by atoms with E-state index >= 15 is 0 Å². The zero-order valence-corrected chi connectivity index (χ0v) is 20.1. The normalized spacial score (nSPS) is 18.6. The van der Waals surface area contributed by atoms with E-state index < -0.39 is 0 Å². The summed E-state index contributed by atoms with van der Waals surface area (Å²) in [5.41, 5.74) is 2.07. The molecule has 2 aromatic heterocycles. The van der Waals surface area contributed by atoms with Gasteiger partial charge in [-0.3, -0.25) is 19.5 Å². The van der Waals surface area contributed by atoms with Crippen LogP contribution < -0.4 is 10.6 Å². The minimum absolute atomic E-state index is 0.0575. The summed E-state index contributed by atoms with van der Waals surface area (Å²) >= 11 is 0. The van der Waals surface area contributed by atoms with E-state index in [2.05, 4.69) is 31.6 Å². The van der Waals surface area contributed by atoms with Gasteiger partial charge >= 0.3 is 0 Å². The molecule has 36 heavy (non-hydrogen) atoms. The van der Waals surface area contributed by atoms with Gasteiger partial charge in [0, 0.05) is 49.1 Å². The van der Waals surface area contributed by atoms with Crippen molar-refractivity contribution in [1.82, 2.24) is 19.8 Å². The summed E-state index contributed by atoms with van der Waals surface area (Å²) in [5, 5.41) is 16.6. The van der Waals surface area contributed by atoms with Gasteiger partial charge in [0.2, 0.25) is 5.91 Å². The molecular weight excluding hydrogens is 454 g/mol. The van der Waals surface area contributed by atoms with Gasteiger partial charge in [-0.1, -0.05) is 6.07 Å². The van der Waals surface area contributed by atoms with Crippen LogP contribution in [0, 0.1) is 11.3 Å². The Morgan fingerprint density at radius 3 is 2.61 bits per heavy atom. The van der Waals surface area contributed by atoms with E-state index in [4.69, 9.17) is 0 Å². The second kappa shape index (κ2) is 10.7. The van der Waals surface area contributed by atoms with E-state index in [0.29, 0.717) is 30.0 Å². The second-order valence-electron chi connectivity index (χ2n) is 9.30. The van der Waals surface area contributed by atoms with Crippen LogP contribution in [0.2, 0.25) is 0 Å². The quantitative estimate of drug-likeness (QED) is 0.553. The van der Waals surface area contributed by atoms with Crippen molar-refractivity contribution in [2.45, 2.75) is 37.8 Å². The molecule has 2 N–H and O–H groups in total. The highest BCUT2D eigenvalue weighted by molar-refractivity contribution is 6.13. The number of aromatic nitrogens is 2. The summed E-state index contributed by atoms with van der Waals surface area (Å²) in [5.74, 6) is 0.299. The largest absolute Gasteiger partial charge is 0.382 e. The standard InChI is InChI=1S/C27H29N7O2/c28-17-20-5-4-14-34(20)25(35)18-33-15-10-19(11-16-33)31-23-9-8-22(26-21(23)6-3-13-30-26)27(36)32-24-7-1-2-12-29-24/h1-3,6-9,12-13,19-20,31H,4-5,10-11,14-16,18H2,(H,29,32,36)/t20-/m0/s1. The lowest BCUT2D eigenvalue weighted by atomic mass is 10.0. The number of piperidine rings is 1. The smallest absolute Gasteiger partial charge is 0.259 e. The van der Waals surface area contributed by atoms with Gasteiger partial charge in [-0.05, 0) is 62.1 Å². The van der Waals surface area contributed by atoms with Gasteiger partial charge in [-0.15, -0.1) is 0 Å². The van der Waals surface area contributed by atoms with Gasteiger partial charge in [-0.25, -0.2) is 4.98 Å². The van der Waals surface area contributed by atoms with Crippen molar-refractivity contribution >= 4 is 34.2 Å². The second-order valence-corrected chi connectivity index (χ2v) is 9.30. The van der Waals surface area contributed by atoms with Crippen molar-refractivity contribution in [3.05, 3.63) is 60.4 Å². The summed E-state index contributed by atoms with van der Waals surface area (Å²) in [4.78, 5) is 38.2. The van der Waals surface area contributed by atoms with E-state index in [0.717, 1.165) is 49.8 Å². The zero-order valence-electron chi connectivity index (χ0n) is 20.1. The Hall–Kier alpha value is -4.03. The molecule has 184 valence electrons. The number of likely N-dealkylation sites (tertiary alicyclic amines) is 2. The molecule has 2 aliphatic heterocycles. The van der Waals surface area contributed by atoms with Crippen molar-refractivity contribution in [3.63, 3.8) is 0 Å². The highest BCUT2D eigenvalue weighted by Crippen LogP contribution is 2.28. The number of rotatable bonds is 6. The number of carbonyl (C=O) groups is 2. The molecule has 5 rings (SSSR count). The van der Waals surface area contributed by atoms with Crippen LogP contribution in [-0.4, -0.2) is 69.8 Å². The lowest BCUT2D eigenvalue weighted by Gasteiger charge is -2.33. The Bertz CT molecular complexity index is 1280. The molecule has 1 aromatic carbocycles. The first-order valence-electron chi connectivity index (χ1n) is 12.4. The van der Waals surface area contributed by atoms with Crippen LogP contribution in [-0.2, 0) is 4.79 Å². The molecule has 2 saturated heterocycles. The average Bonchev–Trinajstić information content (AvgIpc) is 3.40. The molecule has 0 unspecified atom stereocenters. The monoisotopic (exact) mass is 483 g/mol. The Morgan fingerprint density at radius 1 is 1.00 bits per heavy atom. The number of hydrogen-bond donors (Lipinski definition) is 2. The fraction of sp³-hybridized carbons (Fsp3) is 0.370. The minimum atomic E-state index is -0.271. The lowest BCUT2D eigenvalue weighted by molar-refractivity contribution is -0.132. The fourth-order valence-electron chi connectivity index (χ4n) is 5.04. The maximum absolute atomic E-state index is 12.9. The van der Waals surface area contributed by atoms with Crippen molar-refractivity contribution in [3.8, 4) is 6.07 Å². The third kappa shape index (κ3) is 5.14. The molecule has 0 saturated carbocycles. The number of nitrogens with zero attached hydrogens (tertiary/aromatic N) is 5. The average molecular weight is 484 g/mol. The van der Waals surface area contributed by atoms with E-state index in [-0.39, 0.29) is 23.9 Å². The van der Waals surface area contributed by atoms with Crippen molar-refractivity contribution in [2.75, 3.05) is 36.8 Å². The van der Waals surface area contributed by atoms with Crippen LogP contribution in [0.25, 0.3) is 10.9 Å². The number of pyridine rings is 2. The first-order chi connectivity index (χ1) is 17.6. The molecule has 2 aliphatic rings. The Morgan fingerprint density at radius 2 is 1.83 bits per heavy atom. The number of nitrogens with one attached hydrogen (secondary N) is 2. The van der Waals surface area contributed by atoms with Gasteiger partial charge in [0.1, 0.15) is 11.9 Å². The zero-order chi connectivity index (χ0) is 24.9. The third-order valence-corrected chi connectivity index (χ3v) is 6.95. The highest BCUT2D eigenvalue weighted by Gasteiger charge is 2.30. The molecule has 0 radical (unpaired) electrons. The molecule has 4 heterocycles. The Labute approximate surface area is 210 Å². The number of fused-ring (bicyclic) bond motifs is 1. The van der Waals surface area contributed by atoms with Gasteiger partial charge in [0.15, 0.2) is 0 Å². The maximum atomic E-state index is 12.9. The predicted molar refractivity (Wildman–Crippen MR) is 137 cm³/mol.